The maximum absolute atomic E-state index is 10.8. The van der Waals surface area contributed by atoms with Gasteiger partial charge in [0.15, 0.2) is 0 Å². The summed E-state index contributed by atoms with van der Waals surface area (Å²) in [6, 6.07) is 0. The smallest absolute Gasteiger partial charge is 0.330 e. The highest BCUT2D eigenvalue weighted by atomic mass is 16.6. The molecule has 100 valence electrons. The van der Waals surface area contributed by atoms with E-state index in [1.54, 1.807) is 0 Å². The molecule has 0 spiro atoms. The second-order valence-corrected chi connectivity index (χ2v) is 5.48. The zero-order valence-electron chi connectivity index (χ0n) is 10.5. The fourth-order valence-corrected chi connectivity index (χ4v) is 3.51. The molecule has 1 saturated heterocycles. The first-order valence-corrected chi connectivity index (χ1v) is 6.84. The molecule has 0 N–H and O–H groups in total. The predicted octanol–water partition coefficient (Wildman–Crippen LogP) is 1.69. The number of esters is 1. The van der Waals surface area contributed by atoms with E-state index >= 15 is 0 Å². The number of epoxide rings is 1. The largest absolute Gasteiger partial charge is 0.460 e. The third kappa shape index (κ3) is 2.45. The first-order chi connectivity index (χ1) is 8.78. The topological polar surface area (TPSA) is 48.1 Å². The minimum atomic E-state index is -0.382. The summed E-state index contributed by atoms with van der Waals surface area (Å²) in [4.78, 5) is 10.8. The second-order valence-electron chi connectivity index (χ2n) is 5.48. The molecular formula is C14H20O4. The molecule has 0 bridgehead atoms. The van der Waals surface area contributed by atoms with Gasteiger partial charge in [0.05, 0.1) is 24.9 Å². The Hall–Kier alpha value is -0.870. The molecule has 18 heavy (non-hydrogen) atoms. The summed E-state index contributed by atoms with van der Waals surface area (Å²) < 4.78 is 16.3. The third-order valence-electron chi connectivity index (χ3n) is 4.43. The van der Waals surface area contributed by atoms with Crippen LogP contribution < -0.4 is 0 Å². The predicted molar refractivity (Wildman–Crippen MR) is 65.0 cm³/mol. The van der Waals surface area contributed by atoms with Crippen LogP contribution in [0.15, 0.2) is 12.7 Å². The summed E-state index contributed by atoms with van der Waals surface area (Å²) in [7, 11) is 0. The highest BCUT2D eigenvalue weighted by molar-refractivity contribution is 5.81. The maximum Gasteiger partial charge on any atom is 0.330 e. The maximum atomic E-state index is 10.8. The summed E-state index contributed by atoms with van der Waals surface area (Å²) in [5, 5.41) is 0. The van der Waals surface area contributed by atoms with Crippen LogP contribution in [0.3, 0.4) is 0 Å². The molecule has 0 radical (unpaired) electrons. The molecule has 2 aliphatic carbocycles. The average molecular weight is 252 g/mol. The molecule has 3 rings (SSSR count). The van der Waals surface area contributed by atoms with Crippen molar-refractivity contribution in [2.24, 2.45) is 11.8 Å². The van der Waals surface area contributed by atoms with Crippen molar-refractivity contribution in [3.63, 3.8) is 0 Å². The van der Waals surface area contributed by atoms with Gasteiger partial charge in [0.25, 0.3) is 0 Å². The van der Waals surface area contributed by atoms with Crippen molar-refractivity contribution in [3.8, 4) is 0 Å². The lowest BCUT2D eigenvalue weighted by Crippen LogP contribution is -2.30. The number of carbonyl (C=O) groups excluding carboxylic acids is 1. The number of carbonyl (C=O) groups is 1. The average Bonchev–Trinajstić information content (AvgIpc) is 3.07. The van der Waals surface area contributed by atoms with E-state index in [9.17, 15) is 4.79 Å². The lowest BCUT2D eigenvalue weighted by Gasteiger charge is -2.32. The van der Waals surface area contributed by atoms with Crippen molar-refractivity contribution in [2.75, 3.05) is 13.2 Å². The van der Waals surface area contributed by atoms with Gasteiger partial charge >= 0.3 is 5.97 Å². The molecule has 0 aromatic carbocycles. The van der Waals surface area contributed by atoms with Gasteiger partial charge in [-0.1, -0.05) is 6.58 Å². The number of rotatable bonds is 5. The normalized spacial score (nSPS) is 40.8. The zero-order chi connectivity index (χ0) is 12.5. The standard InChI is InChI=1S/C14H20O4/c1-2-13(15)17-6-5-16-10-4-3-9-7-12-14(18-12)11(9)8-10/h2,9-12,14H,1,3-8H2. The lowest BCUT2D eigenvalue weighted by atomic mass is 9.79. The minimum absolute atomic E-state index is 0.316. The number of hydrogen-bond acceptors (Lipinski definition) is 4. The minimum Gasteiger partial charge on any atom is -0.460 e. The van der Waals surface area contributed by atoms with E-state index in [0.29, 0.717) is 37.4 Å². The Balaban J connectivity index is 1.36. The summed E-state index contributed by atoms with van der Waals surface area (Å²) in [6.07, 6.45) is 7.35. The molecule has 0 aromatic rings. The Morgan fingerprint density at radius 1 is 1.33 bits per heavy atom. The van der Waals surface area contributed by atoms with Crippen LogP contribution in [-0.2, 0) is 19.0 Å². The SMILES string of the molecule is C=CC(=O)OCCOC1CCC2CC3OC3C2C1. The summed E-state index contributed by atoms with van der Waals surface area (Å²) in [5.41, 5.74) is 0. The molecule has 1 heterocycles. The summed E-state index contributed by atoms with van der Waals surface area (Å²) in [5.74, 6) is 1.20. The quantitative estimate of drug-likeness (QED) is 0.323. The van der Waals surface area contributed by atoms with Crippen molar-refractivity contribution in [1.29, 1.82) is 0 Å². The van der Waals surface area contributed by atoms with Crippen LogP contribution in [0.2, 0.25) is 0 Å². The Morgan fingerprint density at radius 3 is 3.06 bits per heavy atom. The van der Waals surface area contributed by atoms with Crippen LogP contribution in [0.1, 0.15) is 25.7 Å². The molecule has 4 nitrogen and oxygen atoms in total. The van der Waals surface area contributed by atoms with Gasteiger partial charge in [-0.05, 0) is 37.5 Å². The van der Waals surface area contributed by atoms with E-state index in [-0.39, 0.29) is 5.97 Å². The Labute approximate surface area is 107 Å². The van der Waals surface area contributed by atoms with Gasteiger partial charge in [-0.25, -0.2) is 4.79 Å². The van der Waals surface area contributed by atoms with Crippen molar-refractivity contribution in [1.82, 2.24) is 0 Å². The molecule has 2 saturated carbocycles. The van der Waals surface area contributed by atoms with E-state index in [2.05, 4.69) is 6.58 Å². The van der Waals surface area contributed by atoms with Crippen LogP contribution >= 0.6 is 0 Å². The summed E-state index contributed by atoms with van der Waals surface area (Å²) >= 11 is 0. The van der Waals surface area contributed by atoms with Gasteiger partial charge in [0, 0.05) is 6.08 Å². The van der Waals surface area contributed by atoms with E-state index in [1.165, 1.54) is 18.9 Å². The van der Waals surface area contributed by atoms with E-state index in [0.717, 1.165) is 18.8 Å². The van der Waals surface area contributed by atoms with Gasteiger partial charge in [0.1, 0.15) is 6.61 Å². The molecule has 5 unspecified atom stereocenters. The van der Waals surface area contributed by atoms with E-state index in [1.807, 2.05) is 0 Å². The summed E-state index contributed by atoms with van der Waals surface area (Å²) in [6.45, 7) is 4.15. The molecule has 4 heteroatoms. The number of ether oxygens (including phenoxy) is 3. The Bertz CT molecular complexity index is 341. The van der Waals surface area contributed by atoms with Crippen molar-refractivity contribution >= 4 is 5.97 Å². The van der Waals surface area contributed by atoms with E-state index < -0.39 is 0 Å². The lowest BCUT2D eigenvalue weighted by molar-refractivity contribution is -0.140. The molecule has 0 aromatic heterocycles. The number of hydrogen-bond donors (Lipinski definition) is 0. The van der Waals surface area contributed by atoms with Gasteiger partial charge in [0.2, 0.25) is 0 Å². The van der Waals surface area contributed by atoms with Crippen LogP contribution in [0.25, 0.3) is 0 Å². The molecule has 5 atom stereocenters. The third-order valence-corrected chi connectivity index (χ3v) is 4.43. The van der Waals surface area contributed by atoms with Crippen LogP contribution in [-0.4, -0.2) is 37.5 Å². The van der Waals surface area contributed by atoms with Crippen LogP contribution in [0.5, 0.6) is 0 Å². The van der Waals surface area contributed by atoms with Crippen molar-refractivity contribution in [3.05, 3.63) is 12.7 Å². The molecule has 3 aliphatic rings. The Morgan fingerprint density at radius 2 is 2.22 bits per heavy atom. The first-order valence-electron chi connectivity index (χ1n) is 6.84. The fraction of sp³-hybridized carbons (Fsp3) is 0.786. The van der Waals surface area contributed by atoms with Crippen LogP contribution in [0, 0.1) is 11.8 Å². The van der Waals surface area contributed by atoms with Gasteiger partial charge < -0.3 is 14.2 Å². The molecule has 1 aliphatic heterocycles. The molecule has 0 amide bonds. The van der Waals surface area contributed by atoms with Gasteiger partial charge in [-0.15, -0.1) is 0 Å². The van der Waals surface area contributed by atoms with Crippen molar-refractivity contribution < 1.29 is 19.0 Å². The Kier molecular flexibility index (Phi) is 3.39. The highest BCUT2D eigenvalue weighted by Crippen LogP contribution is 2.53. The zero-order valence-corrected chi connectivity index (χ0v) is 10.5. The molecule has 3 fully saturated rings. The fourth-order valence-electron chi connectivity index (χ4n) is 3.51. The van der Waals surface area contributed by atoms with Crippen molar-refractivity contribution in [2.45, 2.75) is 44.0 Å². The van der Waals surface area contributed by atoms with E-state index in [4.69, 9.17) is 14.2 Å². The van der Waals surface area contributed by atoms with Gasteiger partial charge in [-0.2, -0.15) is 0 Å². The monoisotopic (exact) mass is 252 g/mol. The molecular weight excluding hydrogens is 232 g/mol. The first kappa shape index (κ1) is 12.2. The van der Waals surface area contributed by atoms with Gasteiger partial charge in [-0.3, -0.25) is 0 Å². The highest BCUT2D eigenvalue weighted by Gasteiger charge is 2.56. The second kappa shape index (κ2) is 5.02. The number of fused-ring (bicyclic) bond motifs is 3. The van der Waals surface area contributed by atoms with Crippen LogP contribution in [0.4, 0.5) is 0 Å².